The van der Waals surface area contributed by atoms with Crippen molar-refractivity contribution < 1.29 is 4.79 Å². The van der Waals surface area contributed by atoms with Gasteiger partial charge in [-0.15, -0.1) is 0 Å². The lowest BCUT2D eigenvalue weighted by Gasteiger charge is -2.37. The molecule has 22 heavy (non-hydrogen) atoms. The fraction of sp³-hybridized carbons (Fsp3) is 0.400. The van der Waals surface area contributed by atoms with E-state index in [1.165, 1.54) is 0 Å². The van der Waals surface area contributed by atoms with Gasteiger partial charge in [0.2, 0.25) is 5.95 Å². The lowest BCUT2D eigenvalue weighted by atomic mass is 9.73. The number of carbonyl (C=O) groups excluding carboxylic acids is 1. The van der Waals surface area contributed by atoms with E-state index in [0.717, 1.165) is 23.3 Å². The van der Waals surface area contributed by atoms with E-state index in [-0.39, 0.29) is 17.2 Å². The van der Waals surface area contributed by atoms with Crippen molar-refractivity contribution in [3.63, 3.8) is 0 Å². The Labute approximate surface area is 127 Å². The lowest BCUT2D eigenvalue weighted by Crippen LogP contribution is -2.36. The topological polar surface area (TPSA) is 85.6 Å². The number of nitrogens with zero attached hydrogens (tertiary/aromatic N) is 5. The van der Waals surface area contributed by atoms with Gasteiger partial charge in [0.05, 0.1) is 0 Å². The standard InChI is InChI=1S/C15H16N6O/c1-15(2)7-10-12(11(22)8-15)13(9-3-5-16-6-4-9)21-14(17-10)18-19-20-21/h3-6,13H,7-8H2,1-2H3,(H,17,18,20). The van der Waals surface area contributed by atoms with Gasteiger partial charge in [0.1, 0.15) is 6.04 Å². The molecule has 1 unspecified atom stereocenters. The van der Waals surface area contributed by atoms with Crippen LogP contribution in [-0.4, -0.2) is 31.0 Å². The van der Waals surface area contributed by atoms with Gasteiger partial charge in [-0.2, -0.15) is 4.68 Å². The molecule has 112 valence electrons. The first-order valence-corrected chi connectivity index (χ1v) is 7.26. The summed E-state index contributed by atoms with van der Waals surface area (Å²) in [6, 6.07) is 3.52. The van der Waals surface area contributed by atoms with E-state index in [4.69, 9.17) is 0 Å². The number of carbonyl (C=O) groups is 1. The van der Waals surface area contributed by atoms with Crippen LogP contribution in [0.3, 0.4) is 0 Å². The Morgan fingerprint density at radius 1 is 1.27 bits per heavy atom. The second-order valence-electron chi connectivity index (χ2n) is 6.59. The summed E-state index contributed by atoms with van der Waals surface area (Å²) in [6.45, 7) is 4.21. The molecule has 0 saturated carbocycles. The minimum absolute atomic E-state index is 0.0542. The van der Waals surface area contributed by atoms with Gasteiger partial charge >= 0.3 is 0 Å². The number of nitrogens with one attached hydrogen (secondary N) is 1. The molecule has 2 aliphatic rings. The third-order valence-corrected chi connectivity index (χ3v) is 4.22. The number of tetrazole rings is 1. The summed E-state index contributed by atoms with van der Waals surface area (Å²) in [6.07, 6.45) is 4.78. The Hall–Kier alpha value is -2.57. The number of anilines is 1. The highest BCUT2D eigenvalue weighted by Gasteiger charge is 2.41. The molecule has 7 heteroatoms. The first kappa shape index (κ1) is 13.1. The second-order valence-corrected chi connectivity index (χ2v) is 6.59. The third kappa shape index (κ3) is 1.93. The number of hydrogen-bond acceptors (Lipinski definition) is 6. The zero-order valence-corrected chi connectivity index (χ0v) is 12.4. The van der Waals surface area contributed by atoms with Gasteiger partial charge in [-0.25, -0.2) is 0 Å². The fourth-order valence-electron chi connectivity index (χ4n) is 3.32. The molecule has 0 saturated heterocycles. The molecule has 1 atom stereocenters. The monoisotopic (exact) mass is 296 g/mol. The van der Waals surface area contributed by atoms with E-state index in [1.807, 2.05) is 12.1 Å². The van der Waals surface area contributed by atoms with Crippen molar-refractivity contribution in [1.82, 2.24) is 25.2 Å². The van der Waals surface area contributed by atoms with Crippen molar-refractivity contribution in [1.29, 1.82) is 0 Å². The number of rotatable bonds is 1. The maximum atomic E-state index is 12.8. The molecule has 3 heterocycles. The Kier molecular flexibility index (Phi) is 2.66. The molecule has 0 aromatic carbocycles. The van der Waals surface area contributed by atoms with Gasteiger partial charge in [-0.05, 0) is 40.0 Å². The van der Waals surface area contributed by atoms with E-state index in [0.29, 0.717) is 12.4 Å². The second kappa shape index (κ2) is 4.46. The van der Waals surface area contributed by atoms with E-state index in [1.54, 1.807) is 17.1 Å². The van der Waals surface area contributed by atoms with Gasteiger partial charge in [-0.3, -0.25) is 9.78 Å². The molecule has 1 aliphatic heterocycles. The average molecular weight is 296 g/mol. The van der Waals surface area contributed by atoms with Crippen LogP contribution in [0.4, 0.5) is 5.95 Å². The van der Waals surface area contributed by atoms with Gasteiger partial charge in [0.15, 0.2) is 5.78 Å². The predicted molar refractivity (Wildman–Crippen MR) is 78.9 cm³/mol. The third-order valence-electron chi connectivity index (χ3n) is 4.22. The Bertz CT molecular complexity index is 776. The lowest BCUT2D eigenvalue weighted by molar-refractivity contribution is -0.118. The van der Waals surface area contributed by atoms with Crippen molar-refractivity contribution in [2.24, 2.45) is 5.41 Å². The minimum atomic E-state index is -0.284. The van der Waals surface area contributed by atoms with Crippen LogP contribution in [0.5, 0.6) is 0 Å². The van der Waals surface area contributed by atoms with Crippen LogP contribution in [0.25, 0.3) is 0 Å². The van der Waals surface area contributed by atoms with E-state index in [2.05, 4.69) is 39.7 Å². The van der Waals surface area contributed by atoms with Gasteiger partial charge in [-0.1, -0.05) is 18.9 Å². The van der Waals surface area contributed by atoms with E-state index >= 15 is 0 Å². The molecule has 0 radical (unpaired) electrons. The molecule has 1 N–H and O–H groups in total. The first-order chi connectivity index (χ1) is 10.6. The highest BCUT2D eigenvalue weighted by Crippen LogP contribution is 2.44. The van der Waals surface area contributed by atoms with Crippen molar-refractivity contribution in [2.75, 3.05) is 5.32 Å². The van der Waals surface area contributed by atoms with Crippen LogP contribution in [0.2, 0.25) is 0 Å². The molecule has 0 amide bonds. The SMILES string of the molecule is CC1(C)CC(=O)C2=C(C1)Nc1nnnn1C2c1ccncc1. The Morgan fingerprint density at radius 2 is 2.05 bits per heavy atom. The van der Waals surface area contributed by atoms with Gasteiger partial charge < -0.3 is 5.32 Å². The molecule has 2 aromatic rings. The summed E-state index contributed by atoms with van der Waals surface area (Å²) in [4.78, 5) is 16.8. The maximum Gasteiger partial charge on any atom is 0.248 e. The summed E-state index contributed by atoms with van der Waals surface area (Å²) in [5.74, 6) is 0.729. The van der Waals surface area contributed by atoms with E-state index < -0.39 is 0 Å². The first-order valence-electron chi connectivity index (χ1n) is 7.26. The molecular formula is C15H16N6O. The van der Waals surface area contributed by atoms with Crippen molar-refractivity contribution in [3.8, 4) is 0 Å². The number of ketones is 1. The number of Topliss-reactive ketones (excluding diaryl/α,β-unsaturated/α-hetero) is 1. The zero-order valence-electron chi connectivity index (χ0n) is 12.4. The predicted octanol–water partition coefficient (Wildman–Crippen LogP) is 1.73. The highest BCUT2D eigenvalue weighted by molar-refractivity contribution is 6.00. The molecule has 0 fully saturated rings. The number of fused-ring (bicyclic) bond motifs is 1. The highest BCUT2D eigenvalue weighted by atomic mass is 16.1. The minimum Gasteiger partial charge on any atom is -0.326 e. The number of hydrogen-bond donors (Lipinski definition) is 1. The molecular weight excluding hydrogens is 280 g/mol. The average Bonchev–Trinajstić information content (AvgIpc) is 2.92. The van der Waals surface area contributed by atoms with Crippen LogP contribution >= 0.6 is 0 Å². The van der Waals surface area contributed by atoms with Crippen LogP contribution in [-0.2, 0) is 4.79 Å². The van der Waals surface area contributed by atoms with Crippen LogP contribution < -0.4 is 5.32 Å². The van der Waals surface area contributed by atoms with Gasteiger partial charge in [0.25, 0.3) is 0 Å². The molecule has 7 nitrogen and oxygen atoms in total. The van der Waals surface area contributed by atoms with Crippen molar-refractivity contribution in [3.05, 3.63) is 41.4 Å². The smallest absolute Gasteiger partial charge is 0.248 e. The number of pyridine rings is 1. The molecule has 1 aliphatic carbocycles. The Morgan fingerprint density at radius 3 is 2.82 bits per heavy atom. The summed E-state index contributed by atoms with van der Waals surface area (Å²) in [5.41, 5.74) is 2.61. The van der Waals surface area contributed by atoms with Gasteiger partial charge in [0, 0.05) is 30.1 Å². The summed E-state index contributed by atoms with van der Waals surface area (Å²) in [5, 5.41) is 15.1. The quantitative estimate of drug-likeness (QED) is 0.862. The fourth-order valence-corrected chi connectivity index (χ4v) is 3.32. The summed E-state index contributed by atoms with van der Waals surface area (Å²) >= 11 is 0. The van der Waals surface area contributed by atoms with E-state index in [9.17, 15) is 4.79 Å². The molecule has 0 spiro atoms. The normalized spacial score (nSPS) is 22.8. The summed E-state index contributed by atoms with van der Waals surface area (Å²) < 4.78 is 1.67. The Balaban J connectivity index is 1.91. The summed E-state index contributed by atoms with van der Waals surface area (Å²) in [7, 11) is 0. The molecule has 4 rings (SSSR count). The number of aromatic nitrogens is 5. The van der Waals surface area contributed by atoms with Crippen LogP contribution in [0, 0.1) is 5.41 Å². The van der Waals surface area contributed by atoms with Crippen LogP contribution in [0.15, 0.2) is 35.8 Å². The molecule has 2 aromatic heterocycles. The molecule has 0 bridgehead atoms. The van der Waals surface area contributed by atoms with Crippen molar-refractivity contribution >= 4 is 11.7 Å². The van der Waals surface area contributed by atoms with Crippen molar-refractivity contribution in [2.45, 2.75) is 32.7 Å². The largest absolute Gasteiger partial charge is 0.326 e. The number of allylic oxidation sites excluding steroid dienone is 2. The zero-order chi connectivity index (χ0) is 15.3. The maximum absolute atomic E-state index is 12.8. The van der Waals surface area contributed by atoms with Crippen LogP contribution in [0.1, 0.15) is 38.3 Å².